The van der Waals surface area contributed by atoms with Crippen LogP contribution in [-0.4, -0.2) is 17.5 Å². The second kappa shape index (κ2) is 2.27. The Kier molecular flexibility index (Phi) is 1.62. The van der Waals surface area contributed by atoms with Gasteiger partial charge in [0, 0.05) is 6.42 Å². The van der Waals surface area contributed by atoms with E-state index in [-0.39, 0.29) is 6.61 Å². The van der Waals surface area contributed by atoms with Crippen LogP contribution in [0.2, 0.25) is 0 Å². The molecule has 0 amide bonds. The van der Waals surface area contributed by atoms with E-state index in [1.165, 1.54) is 12.5 Å². The average Bonchev–Trinajstić information content (AvgIpc) is 2.36. The van der Waals surface area contributed by atoms with Crippen LogP contribution >= 0.6 is 0 Å². The van der Waals surface area contributed by atoms with E-state index in [1.807, 2.05) is 6.92 Å². The van der Waals surface area contributed by atoms with Crippen molar-refractivity contribution in [3.05, 3.63) is 12.5 Å². The highest BCUT2D eigenvalue weighted by molar-refractivity contribution is 4.81. The van der Waals surface area contributed by atoms with Crippen molar-refractivity contribution in [3.63, 3.8) is 0 Å². The third kappa shape index (κ3) is 1.00. The van der Waals surface area contributed by atoms with Gasteiger partial charge in [-0.2, -0.15) is 0 Å². The van der Waals surface area contributed by atoms with E-state index >= 15 is 0 Å². The third-order valence-corrected chi connectivity index (χ3v) is 1.40. The molecule has 1 rings (SSSR count). The molecule has 1 aliphatic rings. The van der Waals surface area contributed by atoms with Gasteiger partial charge in [-0.3, -0.25) is 0 Å². The number of ether oxygens (including phenoxy) is 2. The SMILES string of the molecule is CCC1(CO)OC=CO1. The molecule has 1 N–H and O–H groups in total. The van der Waals surface area contributed by atoms with Crippen molar-refractivity contribution >= 4 is 0 Å². The first kappa shape index (κ1) is 6.42. The molecule has 9 heavy (non-hydrogen) atoms. The summed E-state index contributed by atoms with van der Waals surface area (Å²) in [5.74, 6) is -0.778. The van der Waals surface area contributed by atoms with Gasteiger partial charge in [-0.15, -0.1) is 0 Å². The van der Waals surface area contributed by atoms with Gasteiger partial charge >= 0.3 is 0 Å². The summed E-state index contributed by atoms with van der Waals surface area (Å²) in [6.07, 6.45) is 3.54. The van der Waals surface area contributed by atoms with Crippen molar-refractivity contribution in [2.45, 2.75) is 19.1 Å². The van der Waals surface area contributed by atoms with E-state index in [4.69, 9.17) is 14.6 Å². The van der Waals surface area contributed by atoms with Gasteiger partial charge in [-0.25, -0.2) is 0 Å². The molecule has 3 heteroatoms. The molecule has 0 fully saturated rings. The lowest BCUT2D eigenvalue weighted by Crippen LogP contribution is -2.33. The highest BCUT2D eigenvalue weighted by Gasteiger charge is 2.32. The molecule has 52 valence electrons. The van der Waals surface area contributed by atoms with Gasteiger partial charge in [-0.1, -0.05) is 6.92 Å². The third-order valence-electron chi connectivity index (χ3n) is 1.40. The van der Waals surface area contributed by atoms with Gasteiger partial charge in [0.05, 0.1) is 0 Å². The van der Waals surface area contributed by atoms with Crippen LogP contribution in [-0.2, 0) is 9.47 Å². The topological polar surface area (TPSA) is 38.7 Å². The largest absolute Gasteiger partial charge is 0.455 e. The highest BCUT2D eigenvalue weighted by Crippen LogP contribution is 2.22. The number of rotatable bonds is 2. The van der Waals surface area contributed by atoms with E-state index < -0.39 is 5.79 Å². The van der Waals surface area contributed by atoms with E-state index in [1.54, 1.807) is 0 Å². The Balaban J connectivity index is 2.50. The van der Waals surface area contributed by atoms with Gasteiger partial charge < -0.3 is 14.6 Å². The van der Waals surface area contributed by atoms with Crippen molar-refractivity contribution in [2.24, 2.45) is 0 Å². The summed E-state index contributed by atoms with van der Waals surface area (Å²) in [5, 5.41) is 8.73. The zero-order chi connectivity index (χ0) is 6.74. The van der Waals surface area contributed by atoms with Gasteiger partial charge in [0.1, 0.15) is 19.1 Å². The summed E-state index contributed by atoms with van der Waals surface area (Å²) >= 11 is 0. The summed E-state index contributed by atoms with van der Waals surface area (Å²) < 4.78 is 9.97. The quantitative estimate of drug-likeness (QED) is 0.595. The zero-order valence-corrected chi connectivity index (χ0v) is 5.33. The van der Waals surface area contributed by atoms with Crippen molar-refractivity contribution in [3.8, 4) is 0 Å². The molecule has 0 radical (unpaired) electrons. The first-order valence-corrected chi connectivity index (χ1v) is 2.94. The Morgan fingerprint density at radius 1 is 1.44 bits per heavy atom. The maximum Gasteiger partial charge on any atom is 0.272 e. The van der Waals surface area contributed by atoms with Crippen molar-refractivity contribution in [2.75, 3.05) is 6.61 Å². The molecule has 0 aromatic heterocycles. The van der Waals surface area contributed by atoms with E-state index in [0.717, 1.165) is 0 Å². The maximum atomic E-state index is 8.73. The number of aliphatic hydroxyl groups is 1. The van der Waals surface area contributed by atoms with Crippen LogP contribution < -0.4 is 0 Å². The fourth-order valence-electron chi connectivity index (χ4n) is 0.684. The van der Waals surface area contributed by atoms with Crippen LogP contribution in [0.25, 0.3) is 0 Å². The van der Waals surface area contributed by atoms with E-state index in [9.17, 15) is 0 Å². The summed E-state index contributed by atoms with van der Waals surface area (Å²) in [6, 6.07) is 0. The van der Waals surface area contributed by atoms with Gasteiger partial charge in [0.2, 0.25) is 0 Å². The summed E-state index contributed by atoms with van der Waals surface area (Å²) in [4.78, 5) is 0. The molecule has 0 aliphatic carbocycles. The number of aliphatic hydroxyl groups excluding tert-OH is 1. The smallest absolute Gasteiger partial charge is 0.272 e. The molecule has 0 bridgehead atoms. The molecule has 0 unspecified atom stereocenters. The Labute approximate surface area is 53.9 Å². The molecular weight excluding hydrogens is 120 g/mol. The second-order valence-corrected chi connectivity index (χ2v) is 1.93. The molecule has 1 heterocycles. The average molecular weight is 130 g/mol. The predicted molar refractivity (Wildman–Crippen MR) is 31.4 cm³/mol. The second-order valence-electron chi connectivity index (χ2n) is 1.93. The van der Waals surface area contributed by atoms with E-state index in [2.05, 4.69) is 0 Å². The molecule has 0 saturated heterocycles. The maximum absolute atomic E-state index is 8.73. The van der Waals surface area contributed by atoms with Crippen molar-refractivity contribution in [1.82, 2.24) is 0 Å². The highest BCUT2D eigenvalue weighted by atomic mass is 16.7. The molecule has 1 aliphatic heterocycles. The molecular formula is C6H10O3. The fraction of sp³-hybridized carbons (Fsp3) is 0.667. The first-order valence-electron chi connectivity index (χ1n) is 2.94. The normalized spacial score (nSPS) is 21.1. The van der Waals surface area contributed by atoms with Gasteiger partial charge in [-0.05, 0) is 0 Å². The van der Waals surface area contributed by atoms with Crippen LogP contribution in [0.15, 0.2) is 12.5 Å². The Morgan fingerprint density at radius 2 is 2.00 bits per heavy atom. The van der Waals surface area contributed by atoms with Crippen LogP contribution in [0.4, 0.5) is 0 Å². The Morgan fingerprint density at radius 3 is 2.22 bits per heavy atom. The number of hydrogen-bond donors (Lipinski definition) is 1. The summed E-state index contributed by atoms with van der Waals surface area (Å²) in [7, 11) is 0. The minimum atomic E-state index is -0.778. The van der Waals surface area contributed by atoms with Gasteiger partial charge in [0.25, 0.3) is 5.79 Å². The summed E-state index contributed by atoms with van der Waals surface area (Å²) in [5.41, 5.74) is 0. The first-order chi connectivity index (χ1) is 4.33. The molecule has 0 spiro atoms. The lowest BCUT2D eigenvalue weighted by Gasteiger charge is -2.22. The van der Waals surface area contributed by atoms with E-state index in [0.29, 0.717) is 6.42 Å². The lowest BCUT2D eigenvalue weighted by atomic mass is 10.2. The molecule has 3 nitrogen and oxygen atoms in total. The Bertz CT molecular complexity index is 105. The van der Waals surface area contributed by atoms with Crippen LogP contribution in [0.3, 0.4) is 0 Å². The molecule has 0 aromatic carbocycles. The van der Waals surface area contributed by atoms with Crippen LogP contribution in [0.5, 0.6) is 0 Å². The fourth-order valence-corrected chi connectivity index (χ4v) is 0.684. The molecule has 0 aromatic rings. The van der Waals surface area contributed by atoms with Crippen LogP contribution in [0.1, 0.15) is 13.3 Å². The van der Waals surface area contributed by atoms with Crippen molar-refractivity contribution in [1.29, 1.82) is 0 Å². The number of hydrogen-bond acceptors (Lipinski definition) is 3. The molecule has 0 saturated carbocycles. The van der Waals surface area contributed by atoms with Crippen molar-refractivity contribution < 1.29 is 14.6 Å². The predicted octanol–water partition coefficient (Wildman–Crippen LogP) is 0.603. The molecule has 0 atom stereocenters. The zero-order valence-electron chi connectivity index (χ0n) is 5.33. The Hall–Kier alpha value is -0.700. The minimum absolute atomic E-state index is 0.101. The lowest BCUT2D eigenvalue weighted by molar-refractivity contribution is -0.170. The standard InChI is InChI=1S/C6H10O3/c1-2-6(5-7)8-3-4-9-6/h3-4,7H,2,5H2,1H3. The monoisotopic (exact) mass is 130 g/mol. The van der Waals surface area contributed by atoms with Crippen LogP contribution in [0, 0.1) is 0 Å². The minimum Gasteiger partial charge on any atom is -0.455 e. The van der Waals surface area contributed by atoms with Gasteiger partial charge in [0.15, 0.2) is 0 Å². The summed E-state index contributed by atoms with van der Waals surface area (Å²) in [6.45, 7) is 1.79.